The Morgan fingerprint density at radius 3 is 2.18 bits per heavy atom. The molecule has 0 aliphatic carbocycles. The van der Waals surface area contributed by atoms with Crippen molar-refractivity contribution in [3.63, 3.8) is 0 Å². The van der Waals surface area contributed by atoms with Gasteiger partial charge in [-0.2, -0.15) is 0 Å². The number of aromatic amines is 1. The van der Waals surface area contributed by atoms with Gasteiger partial charge < -0.3 is 23.8 Å². The van der Waals surface area contributed by atoms with Gasteiger partial charge in [0.2, 0.25) is 6.54 Å². The number of benzene rings is 3. The van der Waals surface area contributed by atoms with Gasteiger partial charge >= 0.3 is 13.5 Å². The van der Waals surface area contributed by atoms with Crippen molar-refractivity contribution in [3.8, 4) is 11.5 Å². The number of methoxy groups -OCH3 is 2. The molecule has 0 bridgehead atoms. The van der Waals surface area contributed by atoms with E-state index in [1.54, 1.807) is 21.1 Å². The Kier molecular flexibility index (Phi) is 9.90. The summed E-state index contributed by atoms with van der Waals surface area (Å²) >= 11 is 0. The molecule has 6 rings (SSSR count). The van der Waals surface area contributed by atoms with Crippen molar-refractivity contribution in [3.05, 3.63) is 140 Å². The molecule has 3 aromatic carbocycles. The van der Waals surface area contributed by atoms with E-state index in [4.69, 9.17) is 39.1 Å². The van der Waals surface area contributed by atoms with Gasteiger partial charge in [-0.15, -0.1) is 0 Å². The molecule has 3 heterocycles. The molecule has 0 spiro atoms. The van der Waals surface area contributed by atoms with E-state index >= 15 is 0 Å². The van der Waals surface area contributed by atoms with Gasteiger partial charge in [-0.25, -0.2) is 15.9 Å². The number of nitrogens with zero attached hydrogens (tertiary/aromatic N) is 2. The Morgan fingerprint density at radius 1 is 0.980 bits per heavy atom. The summed E-state index contributed by atoms with van der Waals surface area (Å²) in [6.45, 7) is 7.97. The van der Waals surface area contributed by atoms with Crippen molar-refractivity contribution in [2.45, 2.75) is 36.9 Å². The summed E-state index contributed by atoms with van der Waals surface area (Å²) in [4.78, 5) is 30.7. The van der Waals surface area contributed by atoms with Crippen molar-refractivity contribution < 1.29 is 37.1 Å². The maximum atomic E-state index is 13.6. The molecule has 4 aromatic rings. The summed E-state index contributed by atoms with van der Waals surface area (Å²) in [7, 11) is -0.927. The first-order chi connectivity index (χ1) is 23.6. The Morgan fingerprint density at radius 2 is 1.59 bits per heavy atom. The predicted molar refractivity (Wildman–Crippen MR) is 178 cm³/mol. The topological polar surface area (TPSA) is 141 Å². The highest BCUT2D eigenvalue weighted by Gasteiger charge is 2.59. The molecule has 4 atom stereocenters. The van der Waals surface area contributed by atoms with Crippen molar-refractivity contribution in [2.24, 2.45) is 0 Å². The van der Waals surface area contributed by atoms with E-state index in [2.05, 4.69) is 9.83 Å². The summed E-state index contributed by atoms with van der Waals surface area (Å²) in [5.74, 6) is 1.32. The van der Waals surface area contributed by atoms with E-state index in [1.165, 1.54) is 10.8 Å². The molecule has 14 heteroatoms. The first-order valence-electron chi connectivity index (χ1n) is 15.5. The van der Waals surface area contributed by atoms with Crippen LogP contribution in [0.3, 0.4) is 0 Å². The lowest BCUT2D eigenvalue weighted by Gasteiger charge is -2.43. The normalized spacial score (nSPS) is 23.4. The van der Waals surface area contributed by atoms with Crippen LogP contribution in [0.5, 0.6) is 11.5 Å². The fourth-order valence-electron chi connectivity index (χ4n) is 6.14. The summed E-state index contributed by atoms with van der Waals surface area (Å²) in [6.07, 6.45) is -0.419. The zero-order valence-corrected chi connectivity index (χ0v) is 28.1. The second-order valence-corrected chi connectivity index (χ2v) is 13.3. The number of nitrogens with one attached hydrogen (secondary N) is 1. The van der Waals surface area contributed by atoms with E-state index in [-0.39, 0.29) is 32.8 Å². The number of ether oxygens (including phenoxy) is 4. The molecule has 1 unspecified atom stereocenters. The van der Waals surface area contributed by atoms with E-state index in [0.29, 0.717) is 17.1 Å². The van der Waals surface area contributed by atoms with Crippen LogP contribution in [-0.2, 0) is 33.2 Å². The molecular weight excluding hydrogens is 653 g/mol. The Hall–Kier alpha value is -4.54. The monoisotopic (exact) mass is 689 g/mol. The van der Waals surface area contributed by atoms with E-state index < -0.39 is 42.6 Å². The Bertz CT molecular complexity index is 1930. The van der Waals surface area contributed by atoms with E-state index in [0.717, 1.165) is 16.7 Å². The van der Waals surface area contributed by atoms with Crippen molar-refractivity contribution in [2.75, 3.05) is 40.6 Å². The van der Waals surface area contributed by atoms with Gasteiger partial charge in [0.1, 0.15) is 41.6 Å². The largest absolute Gasteiger partial charge is 0.497 e. The Balaban J connectivity index is 1.45. The zero-order chi connectivity index (χ0) is 34.6. The number of H-pyrrole nitrogens is 1. The number of fused-ring (bicyclic) bond motifs is 1. The SMILES string of the molecule is [C-]#[N+]CCOP1(=O)OC[C@@]2(COC(c3ccccc3)(c3ccc(OC)cc3)c3ccc(OC)cc3)O[C@@H](n3cc(C)c(=O)[nH]c3=O)C[C@@H]2O1. The molecule has 2 saturated heterocycles. The van der Waals surface area contributed by atoms with Crippen LogP contribution < -0.4 is 20.7 Å². The molecule has 0 saturated carbocycles. The number of hydrogen-bond donors (Lipinski definition) is 1. The molecule has 256 valence electrons. The van der Waals surface area contributed by atoms with Gasteiger partial charge in [-0.1, -0.05) is 54.6 Å². The first kappa shape index (κ1) is 34.3. The fourth-order valence-corrected chi connectivity index (χ4v) is 7.61. The lowest BCUT2D eigenvalue weighted by molar-refractivity contribution is -0.190. The zero-order valence-electron chi connectivity index (χ0n) is 27.2. The molecule has 0 amide bonds. The van der Waals surface area contributed by atoms with Crippen LogP contribution in [0.15, 0.2) is 94.6 Å². The third kappa shape index (κ3) is 6.72. The molecule has 2 fully saturated rings. The number of phosphoric ester groups is 1. The molecule has 2 aliphatic heterocycles. The second-order valence-electron chi connectivity index (χ2n) is 11.7. The molecular formula is C35H36N3O10P. The summed E-state index contributed by atoms with van der Waals surface area (Å²) in [6, 6.07) is 24.7. The second kappa shape index (κ2) is 14.1. The molecule has 49 heavy (non-hydrogen) atoms. The minimum atomic E-state index is -4.11. The fraction of sp³-hybridized carbons (Fsp3) is 0.343. The summed E-state index contributed by atoms with van der Waals surface area (Å²) in [5.41, 5.74) is -1.19. The van der Waals surface area contributed by atoms with Gasteiger partial charge in [0.05, 0.1) is 27.4 Å². The highest BCUT2D eigenvalue weighted by molar-refractivity contribution is 7.48. The van der Waals surface area contributed by atoms with Crippen LogP contribution in [0.25, 0.3) is 4.85 Å². The first-order valence-corrected chi connectivity index (χ1v) is 17.0. The minimum absolute atomic E-state index is 0.0376. The molecule has 1 aromatic heterocycles. The van der Waals surface area contributed by atoms with Crippen LogP contribution >= 0.6 is 7.82 Å². The van der Waals surface area contributed by atoms with Gasteiger partial charge in [0.25, 0.3) is 5.56 Å². The van der Waals surface area contributed by atoms with Crippen LogP contribution in [0.2, 0.25) is 0 Å². The number of aromatic nitrogens is 2. The number of rotatable bonds is 12. The van der Waals surface area contributed by atoms with Crippen LogP contribution in [0.4, 0.5) is 0 Å². The van der Waals surface area contributed by atoms with Gasteiger partial charge in [0, 0.05) is 18.2 Å². The lowest BCUT2D eigenvalue weighted by Crippen LogP contribution is -2.53. The predicted octanol–water partition coefficient (Wildman–Crippen LogP) is 4.99. The smallest absolute Gasteiger partial charge is 0.475 e. The van der Waals surface area contributed by atoms with Gasteiger partial charge in [-0.05, 0) is 47.9 Å². The number of hydrogen-bond acceptors (Lipinski definition) is 10. The number of aryl methyl sites for hydroxylation is 1. The van der Waals surface area contributed by atoms with Crippen molar-refractivity contribution in [1.82, 2.24) is 9.55 Å². The third-order valence-corrected chi connectivity index (χ3v) is 10.2. The van der Waals surface area contributed by atoms with E-state index in [1.807, 2.05) is 78.9 Å². The van der Waals surface area contributed by atoms with Gasteiger partial charge in [0.15, 0.2) is 0 Å². The molecule has 2 aliphatic rings. The summed E-state index contributed by atoms with van der Waals surface area (Å²) < 4.78 is 56.7. The minimum Gasteiger partial charge on any atom is -0.497 e. The highest BCUT2D eigenvalue weighted by Crippen LogP contribution is 2.60. The highest BCUT2D eigenvalue weighted by atomic mass is 31.2. The maximum absolute atomic E-state index is 13.6. The lowest BCUT2D eigenvalue weighted by atomic mass is 9.79. The van der Waals surface area contributed by atoms with Gasteiger partial charge in [-0.3, -0.25) is 27.9 Å². The van der Waals surface area contributed by atoms with Crippen LogP contribution in [0.1, 0.15) is 34.9 Å². The van der Waals surface area contributed by atoms with Crippen LogP contribution in [-0.4, -0.2) is 61.8 Å². The average molecular weight is 690 g/mol. The van der Waals surface area contributed by atoms with E-state index in [9.17, 15) is 14.2 Å². The summed E-state index contributed by atoms with van der Waals surface area (Å²) in [5, 5.41) is 0. The quantitative estimate of drug-likeness (QED) is 0.0937. The van der Waals surface area contributed by atoms with Crippen molar-refractivity contribution in [1.29, 1.82) is 0 Å². The number of phosphoric acid groups is 1. The molecule has 0 radical (unpaired) electrons. The van der Waals surface area contributed by atoms with Crippen LogP contribution in [0, 0.1) is 13.5 Å². The Labute approximate surface area is 282 Å². The van der Waals surface area contributed by atoms with Crippen molar-refractivity contribution >= 4 is 7.82 Å². The average Bonchev–Trinajstić information content (AvgIpc) is 3.49. The third-order valence-electron chi connectivity index (χ3n) is 8.71. The maximum Gasteiger partial charge on any atom is 0.475 e. The molecule has 1 N–H and O–H groups in total. The standard InChI is InChI=1S/C35H36N3O10P/c1-24-21-38(33(40)37-32(24)39)31-20-30-34(47-31,23-46-49(41,48-30)45-19-18-36-2)22-44-35(25-8-6-5-7-9-25,26-10-14-28(42-3)15-11-26)27-12-16-29(43-4)17-13-27/h5-17,21,30-31H,18-20,22-23H2,1,3-4H3,(H,37,39,40)/t30-,31+,34+,49?/m0/s1. The molecule has 13 nitrogen and oxygen atoms in total.